The number of methoxy groups -OCH3 is 1. The first-order chi connectivity index (χ1) is 11.7. The van der Waals surface area contributed by atoms with Gasteiger partial charge in [0.1, 0.15) is 12.4 Å². The fourth-order valence-corrected chi connectivity index (χ4v) is 3.14. The fourth-order valence-electron chi connectivity index (χ4n) is 3.14. The number of hydrogen-bond donors (Lipinski definition) is 0. The van der Waals surface area contributed by atoms with Gasteiger partial charge in [-0.1, -0.05) is 18.2 Å². The molecule has 0 N–H and O–H groups in total. The summed E-state index contributed by atoms with van der Waals surface area (Å²) >= 11 is 0. The molecule has 0 bridgehead atoms. The highest BCUT2D eigenvalue weighted by molar-refractivity contribution is 5.91. The van der Waals surface area contributed by atoms with Gasteiger partial charge in [0.25, 0.3) is 5.91 Å². The summed E-state index contributed by atoms with van der Waals surface area (Å²) in [6.07, 6.45) is 2.47. The topological polar surface area (TPSA) is 45.9 Å². The molecule has 1 amide bonds. The predicted molar refractivity (Wildman–Crippen MR) is 93.1 cm³/mol. The van der Waals surface area contributed by atoms with Crippen molar-refractivity contribution in [3.8, 4) is 0 Å². The Kier molecular flexibility index (Phi) is 5.20. The van der Waals surface area contributed by atoms with Crippen LogP contribution in [0.2, 0.25) is 0 Å². The normalized spacial score (nSPS) is 14.2. The molecule has 1 saturated heterocycles. The first-order valence-electron chi connectivity index (χ1n) is 8.35. The van der Waals surface area contributed by atoms with Crippen LogP contribution in [0.25, 0.3) is 0 Å². The molecule has 5 heteroatoms. The van der Waals surface area contributed by atoms with Gasteiger partial charge in [0, 0.05) is 39.5 Å². The second-order valence-corrected chi connectivity index (χ2v) is 6.18. The number of hydrogen-bond acceptors (Lipinski definition) is 4. The first-order valence-corrected chi connectivity index (χ1v) is 8.35. The van der Waals surface area contributed by atoms with Crippen LogP contribution in [0, 0.1) is 0 Å². The van der Waals surface area contributed by atoms with Gasteiger partial charge in [0.05, 0.1) is 0 Å². The summed E-state index contributed by atoms with van der Waals surface area (Å²) in [5.41, 5.74) is 2.40. The summed E-state index contributed by atoms with van der Waals surface area (Å²) in [4.78, 5) is 16.7. The summed E-state index contributed by atoms with van der Waals surface area (Å²) in [7, 11) is 3.41. The lowest BCUT2D eigenvalue weighted by atomic mass is 10.1. The van der Waals surface area contributed by atoms with Gasteiger partial charge >= 0.3 is 0 Å². The second kappa shape index (κ2) is 7.53. The average Bonchev–Trinajstić information content (AvgIpc) is 3.26. The standard InChI is InChI=1S/C19H24N2O3/c1-20(19(22)18-10-9-16(24-18)14-23-2)13-15-7-3-4-8-17(15)21-11-5-6-12-21/h3-4,7-10H,5-6,11-14H2,1-2H3. The highest BCUT2D eigenvalue weighted by atomic mass is 16.5. The Morgan fingerprint density at radius 3 is 2.71 bits per heavy atom. The van der Waals surface area contributed by atoms with E-state index in [4.69, 9.17) is 9.15 Å². The van der Waals surface area contributed by atoms with Crippen molar-refractivity contribution in [2.24, 2.45) is 0 Å². The number of furan rings is 1. The zero-order valence-corrected chi connectivity index (χ0v) is 14.3. The Labute approximate surface area is 142 Å². The molecule has 1 aromatic heterocycles. The minimum atomic E-state index is -0.117. The van der Waals surface area contributed by atoms with Crippen molar-refractivity contribution in [2.45, 2.75) is 26.0 Å². The first kappa shape index (κ1) is 16.6. The highest BCUT2D eigenvalue weighted by Gasteiger charge is 2.20. The number of amides is 1. The molecule has 0 aliphatic carbocycles. The summed E-state index contributed by atoms with van der Waals surface area (Å²) in [6.45, 7) is 3.11. The summed E-state index contributed by atoms with van der Waals surface area (Å²) in [5, 5.41) is 0. The predicted octanol–water partition coefficient (Wildman–Crippen LogP) is 3.30. The number of carbonyl (C=O) groups excluding carboxylic acids is 1. The number of ether oxygens (including phenoxy) is 1. The largest absolute Gasteiger partial charge is 0.453 e. The van der Waals surface area contributed by atoms with Crippen LogP contribution >= 0.6 is 0 Å². The minimum Gasteiger partial charge on any atom is -0.453 e. The van der Waals surface area contributed by atoms with Crippen molar-refractivity contribution >= 4 is 11.6 Å². The molecule has 128 valence electrons. The number of nitrogens with zero attached hydrogens (tertiary/aromatic N) is 2. The highest BCUT2D eigenvalue weighted by Crippen LogP contribution is 2.25. The van der Waals surface area contributed by atoms with Crippen molar-refractivity contribution < 1.29 is 13.9 Å². The van der Waals surface area contributed by atoms with Crippen molar-refractivity contribution in [2.75, 3.05) is 32.1 Å². The monoisotopic (exact) mass is 328 g/mol. The Morgan fingerprint density at radius 1 is 1.21 bits per heavy atom. The maximum Gasteiger partial charge on any atom is 0.289 e. The van der Waals surface area contributed by atoms with Gasteiger partial charge in [-0.05, 0) is 36.6 Å². The molecule has 0 radical (unpaired) electrons. The summed E-state index contributed by atoms with van der Waals surface area (Å²) in [5.74, 6) is 0.892. The molecular weight excluding hydrogens is 304 g/mol. The van der Waals surface area contributed by atoms with Crippen molar-refractivity contribution in [1.29, 1.82) is 0 Å². The van der Waals surface area contributed by atoms with Crippen LogP contribution in [0.3, 0.4) is 0 Å². The Balaban J connectivity index is 1.72. The van der Waals surface area contributed by atoms with Crippen LogP contribution in [0.5, 0.6) is 0 Å². The molecule has 1 aliphatic rings. The van der Waals surface area contributed by atoms with Gasteiger partial charge in [-0.3, -0.25) is 4.79 Å². The fraction of sp³-hybridized carbons (Fsp3) is 0.421. The molecule has 2 heterocycles. The smallest absolute Gasteiger partial charge is 0.289 e. The SMILES string of the molecule is COCc1ccc(C(=O)N(C)Cc2ccccc2N2CCCC2)o1. The molecule has 5 nitrogen and oxygen atoms in total. The lowest BCUT2D eigenvalue weighted by molar-refractivity contribution is 0.0745. The van der Waals surface area contributed by atoms with E-state index >= 15 is 0 Å². The lowest BCUT2D eigenvalue weighted by Gasteiger charge is -2.24. The minimum absolute atomic E-state index is 0.117. The van der Waals surface area contributed by atoms with E-state index in [1.54, 1.807) is 24.1 Å². The molecule has 1 fully saturated rings. The molecular formula is C19H24N2O3. The molecule has 3 rings (SSSR count). The number of carbonyl (C=O) groups is 1. The van der Waals surface area contributed by atoms with Crippen LogP contribution in [0.15, 0.2) is 40.8 Å². The third-order valence-electron chi connectivity index (χ3n) is 4.35. The number of para-hydroxylation sites is 1. The van der Waals surface area contributed by atoms with Crippen LogP contribution in [0.4, 0.5) is 5.69 Å². The zero-order chi connectivity index (χ0) is 16.9. The van der Waals surface area contributed by atoms with Crippen molar-refractivity contribution in [3.05, 3.63) is 53.5 Å². The van der Waals surface area contributed by atoms with E-state index < -0.39 is 0 Å². The molecule has 24 heavy (non-hydrogen) atoms. The summed E-state index contributed by atoms with van der Waals surface area (Å²) in [6, 6.07) is 11.8. The molecule has 0 unspecified atom stereocenters. The van der Waals surface area contributed by atoms with E-state index in [0.717, 1.165) is 13.1 Å². The van der Waals surface area contributed by atoms with Crippen LogP contribution in [-0.2, 0) is 17.9 Å². The molecule has 0 atom stereocenters. The van der Waals surface area contributed by atoms with Gasteiger partial charge < -0.3 is 19.0 Å². The number of benzene rings is 1. The van der Waals surface area contributed by atoms with E-state index in [1.165, 1.54) is 24.1 Å². The lowest BCUT2D eigenvalue weighted by Crippen LogP contribution is -2.27. The van der Waals surface area contributed by atoms with Crippen molar-refractivity contribution in [1.82, 2.24) is 4.90 Å². The van der Waals surface area contributed by atoms with E-state index in [2.05, 4.69) is 23.1 Å². The van der Waals surface area contributed by atoms with Gasteiger partial charge in [-0.25, -0.2) is 0 Å². The van der Waals surface area contributed by atoms with Crippen LogP contribution < -0.4 is 4.90 Å². The van der Waals surface area contributed by atoms with Crippen LogP contribution in [0.1, 0.15) is 34.7 Å². The van der Waals surface area contributed by atoms with Gasteiger partial charge in [-0.15, -0.1) is 0 Å². The Hall–Kier alpha value is -2.27. The van der Waals surface area contributed by atoms with E-state index in [0.29, 0.717) is 24.7 Å². The van der Waals surface area contributed by atoms with Gasteiger partial charge in [-0.2, -0.15) is 0 Å². The third kappa shape index (κ3) is 3.62. The van der Waals surface area contributed by atoms with E-state index in [-0.39, 0.29) is 5.91 Å². The van der Waals surface area contributed by atoms with E-state index in [1.807, 2.05) is 13.1 Å². The Morgan fingerprint density at radius 2 is 1.96 bits per heavy atom. The van der Waals surface area contributed by atoms with Gasteiger partial charge in [0.2, 0.25) is 0 Å². The third-order valence-corrected chi connectivity index (χ3v) is 4.35. The zero-order valence-electron chi connectivity index (χ0n) is 14.3. The number of rotatable bonds is 6. The van der Waals surface area contributed by atoms with Gasteiger partial charge in [0.15, 0.2) is 5.76 Å². The molecule has 2 aromatic rings. The maximum absolute atomic E-state index is 12.6. The maximum atomic E-state index is 12.6. The van der Waals surface area contributed by atoms with Crippen molar-refractivity contribution in [3.63, 3.8) is 0 Å². The Bertz CT molecular complexity index is 689. The molecule has 0 saturated carbocycles. The second-order valence-electron chi connectivity index (χ2n) is 6.18. The average molecular weight is 328 g/mol. The van der Waals surface area contributed by atoms with Crippen LogP contribution in [-0.4, -0.2) is 38.1 Å². The molecule has 0 spiro atoms. The summed E-state index contributed by atoms with van der Waals surface area (Å²) < 4.78 is 10.6. The van der Waals surface area contributed by atoms with E-state index in [9.17, 15) is 4.79 Å². The molecule has 1 aromatic carbocycles. The number of anilines is 1. The molecule has 1 aliphatic heterocycles. The quantitative estimate of drug-likeness (QED) is 0.816.